The number of nitrogens with zero attached hydrogens (tertiary/aromatic N) is 1. The molecule has 4 rings (SSSR count). The minimum absolute atomic E-state index is 0.108. The number of H-pyrrole nitrogens is 1. The molecule has 0 saturated heterocycles. The van der Waals surface area contributed by atoms with Gasteiger partial charge in [-0.05, 0) is 48.4 Å². The molecule has 7 nitrogen and oxygen atoms in total. The fraction of sp³-hybridized carbons (Fsp3) is 0.273. The average molecular weight is 392 g/mol. The van der Waals surface area contributed by atoms with E-state index >= 15 is 0 Å². The van der Waals surface area contributed by atoms with Gasteiger partial charge in [0.25, 0.3) is 5.91 Å². The molecule has 3 N–H and O–H groups in total. The molecular weight excluding hydrogens is 368 g/mol. The summed E-state index contributed by atoms with van der Waals surface area (Å²) in [5.41, 5.74) is 4.49. The van der Waals surface area contributed by atoms with Crippen molar-refractivity contribution in [3.8, 4) is 22.8 Å². The Balaban J connectivity index is 1.44. The van der Waals surface area contributed by atoms with Gasteiger partial charge in [0, 0.05) is 18.2 Å². The number of carbonyl (C=O) groups excluding carboxylic acids is 1. The fourth-order valence-corrected chi connectivity index (χ4v) is 3.65. The maximum absolute atomic E-state index is 12.6. The molecule has 2 heterocycles. The van der Waals surface area contributed by atoms with Gasteiger partial charge in [-0.25, -0.2) is 0 Å². The number of nitrogens with one attached hydrogen (secondary N) is 3. The molecule has 1 aromatic heterocycles. The number of hydrogen-bond donors (Lipinski definition) is 3. The Morgan fingerprint density at radius 1 is 1.14 bits per heavy atom. The van der Waals surface area contributed by atoms with Crippen LogP contribution in [0.3, 0.4) is 0 Å². The molecule has 150 valence electrons. The lowest BCUT2D eigenvalue weighted by atomic mass is 9.94. The molecule has 0 spiro atoms. The highest BCUT2D eigenvalue weighted by Gasteiger charge is 2.20. The molecule has 3 aromatic rings. The van der Waals surface area contributed by atoms with E-state index in [9.17, 15) is 4.79 Å². The first kappa shape index (κ1) is 19.0. The van der Waals surface area contributed by atoms with Gasteiger partial charge in [0.15, 0.2) is 11.5 Å². The maximum Gasteiger partial charge on any atom is 0.269 e. The number of aromatic nitrogens is 2. The highest BCUT2D eigenvalue weighted by atomic mass is 16.5. The molecule has 1 atom stereocenters. The Kier molecular flexibility index (Phi) is 5.48. The van der Waals surface area contributed by atoms with E-state index in [0.29, 0.717) is 29.4 Å². The number of fused-ring (bicyclic) bond motifs is 1. The van der Waals surface area contributed by atoms with Crippen LogP contribution < -0.4 is 20.1 Å². The summed E-state index contributed by atoms with van der Waals surface area (Å²) in [5, 5.41) is 13.6. The number of aromatic amines is 1. The fourth-order valence-electron chi connectivity index (χ4n) is 3.65. The molecule has 2 aromatic carbocycles. The van der Waals surface area contributed by atoms with E-state index in [-0.39, 0.29) is 11.9 Å². The van der Waals surface area contributed by atoms with Gasteiger partial charge in [0.1, 0.15) is 5.69 Å². The third-order valence-electron chi connectivity index (χ3n) is 5.18. The Labute approximate surface area is 169 Å². The quantitative estimate of drug-likeness (QED) is 0.600. The predicted octanol–water partition coefficient (Wildman–Crippen LogP) is 2.71. The Morgan fingerprint density at radius 3 is 2.79 bits per heavy atom. The van der Waals surface area contributed by atoms with Crippen molar-refractivity contribution >= 4 is 5.91 Å². The summed E-state index contributed by atoms with van der Waals surface area (Å²) in [6.07, 6.45) is 1.01. The van der Waals surface area contributed by atoms with E-state index in [1.54, 1.807) is 20.3 Å². The van der Waals surface area contributed by atoms with E-state index < -0.39 is 0 Å². The van der Waals surface area contributed by atoms with E-state index in [1.807, 2.05) is 24.3 Å². The van der Waals surface area contributed by atoms with Gasteiger partial charge in [0.2, 0.25) is 0 Å². The van der Waals surface area contributed by atoms with Crippen molar-refractivity contribution in [1.29, 1.82) is 0 Å². The Bertz CT molecular complexity index is 1010. The molecular formula is C22H24N4O3. The average Bonchev–Trinajstić information content (AvgIpc) is 3.27. The van der Waals surface area contributed by atoms with Gasteiger partial charge in [-0.15, -0.1) is 0 Å². The van der Waals surface area contributed by atoms with Crippen molar-refractivity contribution < 1.29 is 14.3 Å². The largest absolute Gasteiger partial charge is 0.493 e. The van der Waals surface area contributed by atoms with E-state index in [0.717, 1.165) is 18.5 Å². The van der Waals surface area contributed by atoms with Crippen LogP contribution in [-0.2, 0) is 6.42 Å². The third-order valence-corrected chi connectivity index (χ3v) is 5.18. The number of rotatable bonds is 6. The number of carbonyl (C=O) groups is 1. The highest BCUT2D eigenvalue weighted by molar-refractivity contribution is 5.93. The summed E-state index contributed by atoms with van der Waals surface area (Å²) in [4.78, 5) is 12.6. The Morgan fingerprint density at radius 2 is 1.97 bits per heavy atom. The van der Waals surface area contributed by atoms with Crippen molar-refractivity contribution in [2.75, 3.05) is 27.3 Å². The molecule has 1 amide bonds. The van der Waals surface area contributed by atoms with Crippen molar-refractivity contribution in [3.05, 3.63) is 65.4 Å². The summed E-state index contributed by atoms with van der Waals surface area (Å²) < 4.78 is 10.6. The van der Waals surface area contributed by atoms with Crippen molar-refractivity contribution in [2.45, 2.75) is 12.5 Å². The molecule has 0 saturated carbocycles. The van der Waals surface area contributed by atoms with Crippen LogP contribution in [0.15, 0.2) is 48.5 Å². The molecule has 0 fully saturated rings. The molecule has 1 aliphatic rings. The summed E-state index contributed by atoms with van der Waals surface area (Å²) in [6, 6.07) is 15.7. The number of amides is 1. The zero-order valence-electron chi connectivity index (χ0n) is 16.5. The van der Waals surface area contributed by atoms with Crippen LogP contribution in [0.2, 0.25) is 0 Å². The molecule has 29 heavy (non-hydrogen) atoms. The van der Waals surface area contributed by atoms with Crippen molar-refractivity contribution in [1.82, 2.24) is 20.8 Å². The van der Waals surface area contributed by atoms with E-state index in [1.165, 1.54) is 11.1 Å². The van der Waals surface area contributed by atoms with Crippen LogP contribution >= 0.6 is 0 Å². The second-order valence-corrected chi connectivity index (χ2v) is 6.90. The lowest BCUT2D eigenvalue weighted by Gasteiger charge is -2.27. The molecule has 1 aliphatic heterocycles. The standard InChI is InChI=1S/C22H24N4O3/c1-28-20-8-7-15(11-21(20)29-2)17-12-18(26-25-17)22(27)24-13-19-16-6-4-3-5-14(16)9-10-23-19/h3-8,11-12,19,23H,9-10,13H2,1-2H3,(H,24,27)(H,25,26). The molecule has 1 unspecified atom stereocenters. The zero-order chi connectivity index (χ0) is 20.2. The van der Waals surface area contributed by atoms with Crippen LogP contribution in [0, 0.1) is 0 Å². The van der Waals surface area contributed by atoms with Gasteiger partial charge in [-0.2, -0.15) is 5.10 Å². The lowest BCUT2D eigenvalue weighted by Crippen LogP contribution is -2.38. The molecule has 0 radical (unpaired) electrons. The normalized spacial score (nSPS) is 15.4. The minimum Gasteiger partial charge on any atom is -0.493 e. The second kappa shape index (κ2) is 8.36. The van der Waals surface area contributed by atoms with Crippen LogP contribution in [0.1, 0.15) is 27.7 Å². The smallest absolute Gasteiger partial charge is 0.269 e. The first-order valence-corrected chi connectivity index (χ1v) is 9.57. The lowest BCUT2D eigenvalue weighted by molar-refractivity contribution is 0.0944. The number of benzene rings is 2. The molecule has 0 bridgehead atoms. The first-order valence-electron chi connectivity index (χ1n) is 9.57. The van der Waals surface area contributed by atoms with Gasteiger partial charge < -0.3 is 20.1 Å². The molecule has 0 aliphatic carbocycles. The summed E-state index contributed by atoms with van der Waals surface area (Å²) in [7, 11) is 3.18. The third kappa shape index (κ3) is 3.95. The second-order valence-electron chi connectivity index (χ2n) is 6.90. The van der Waals surface area contributed by atoms with Gasteiger partial charge in [-0.3, -0.25) is 9.89 Å². The van der Waals surface area contributed by atoms with Crippen molar-refractivity contribution in [3.63, 3.8) is 0 Å². The Hall–Kier alpha value is -3.32. The zero-order valence-corrected chi connectivity index (χ0v) is 16.5. The topological polar surface area (TPSA) is 88.3 Å². The first-order chi connectivity index (χ1) is 14.2. The minimum atomic E-state index is -0.186. The van der Waals surface area contributed by atoms with Crippen molar-refractivity contribution in [2.24, 2.45) is 0 Å². The monoisotopic (exact) mass is 392 g/mol. The van der Waals surface area contributed by atoms with E-state index in [2.05, 4.69) is 39.0 Å². The highest BCUT2D eigenvalue weighted by Crippen LogP contribution is 2.31. The van der Waals surface area contributed by atoms with E-state index in [4.69, 9.17) is 9.47 Å². The van der Waals surface area contributed by atoms with Crippen LogP contribution in [0.25, 0.3) is 11.3 Å². The summed E-state index contributed by atoms with van der Waals surface area (Å²) >= 11 is 0. The van der Waals surface area contributed by atoms with Crippen LogP contribution in [-0.4, -0.2) is 43.4 Å². The summed E-state index contributed by atoms with van der Waals surface area (Å²) in [6.45, 7) is 1.42. The summed E-state index contributed by atoms with van der Waals surface area (Å²) in [5.74, 6) is 1.07. The number of ether oxygens (including phenoxy) is 2. The van der Waals surface area contributed by atoms with Crippen LogP contribution in [0.4, 0.5) is 0 Å². The number of methoxy groups -OCH3 is 2. The van der Waals surface area contributed by atoms with Gasteiger partial charge >= 0.3 is 0 Å². The predicted molar refractivity (Wildman–Crippen MR) is 110 cm³/mol. The van der Waals surface area contributed by atoms with Gasteiger partial charge in [0.05, 0.1) is 19.9 Å². The number of hydrogen-bond acceptors (Lipinski definition) is 5. The van der Waals surface area contributed by atoms with Gasteiger partial charge in [-0.1, -0.05) is 24.3 Å². The molecule has 7 heteroatoms. The SMILES string of the molecule is COc1ccc(-c2cc(C(=O)NCC3NCCc4ccccc43)[nH]n2)cc1OC. The maximum atomic E-state index is 12.6. The van der Waals surface area contributed by atoms with Crippen LogP contribution in [0.5, 0.6) is 11.5 Å².